The van der Waals surface area contributed by atoms with Crippen molar-refractivity contribution >= 4 is 10.1 Å². The molecular formula is C12H13F3N2O3S. The molecule has 2 aliphatic rings. The van der Waals surface area contributed by atoms with E-state index < -0.39 is 21.5 Å². The molecule has 21 heavy (non-hydrogen) atoms. The molecule has 0 aromatic carbocycles. The Bertz CT molecular complexity index is 630. The lowest BCUT2D eigenvalue weighted by atomic mass is 9.85. The number of alkyl halides is 3. The summed E-state index contributed by atoms with van der Waals surface area (Å²) < 4.78 is 62.3. The van der Waals surface area contributed by atoms with Crippen LogP contribution < -0.4 is 9.50 Å². The van der Waals surface area contributed by atoms with Gasteiger partial charge in [0, 0.05) is 30.3 Å². The summed E-state index contributed by atoms with van der Waals surface area (Å²) in [5, 5.41) is 3.45. The molecule has 3 rings (SSSR count). The minimum atomic E-state index is -5.67. The zero-order valence-electron chi connectivity index (χ0n) is 10.8. The molecular weight excluding hydrogens is 309 g/mol. The first kappa shape index (κ1) is 14.6. The van der Waals surface area contributed by atoms with Gasteiger partial charge >= 0.3 is 15.6 Å². The van der Waals surface area contributed by atoms with Gasteiger partial charge in [0.25, 0.3) is 0 Å². The highest BCUT2D eigenvalue weighted by molar-refractivity contribution is 7.87. The summed E-state index contributed by atoms with van der Waals surface area (Å²) >= 11 is 0. The fourth-order valence-electron chi connectivity index (χ4n) is 3.01. The molecule has 0 spiro atoms. The third kappa shape index (κ3) is 2.71. The molecule has 3 atom stereocenters. The molecule has 0 amide bonds. The summed E-state index contributed by atoms with van der Waals surface area (Å²) in [5.74, 6) is -0.309. The number of hydrogen-bond donors (Lipinski definition) is 1. The number of fused-ring (bicyclic) bond motifs is 2. The second-order valence-electron chi connectivity index (χ2n) is 5.30. The second-order valence-corrected chi connectivity index (χ2v) is 6.84. The molecule has 9 heteroatoms. The fourth-order valence-corrected chi connectivity index (χ4v) is 3.43. The molecule has 2 saturated heterocycles. The molecule has 0 radical (unpaired) electrons. The smallest absolute Gasteiger partial charge is 0.355 e. The average molecular weight is 322 g/mol. The topological polar surface area (TPSA) is 68.3 Å². The maximum atomic E-state index is 12.2. The molecule has 5 nitrogen and oxygen atoms in total. The summed E-state index contributed by atoms with van der Waals surface area (Å²) in [5.41, 5.74) is -4.58. The van der Waals surface area contributed by atoms with E-state index in [0.717, 1.165) is 30.9 Å². The number of nitrogens with zero attached hydrogens (tertiary/aromatic N) is 1. The predicted octanol–water partition coefficient (Wildman–Crippen LogP) is 1.92. The molecule has 1 aromatic rings. The molecule has 0 saturated carbocycles. The summed E-state index contributed by atoms with van der Waals surface area (Å²) in [6.45, 7) is 0. The fraction of sp³-hybridized carbons (Fsp3) is 0.583. The summed E-state index contributed by atoms with van der Waals surface area (Å²) in [6, 6.07) is 3.58. The van der Waals surface area contributed by atoms with E-state index in [0.29, 0.717) is 12.1 Å². The summed E-state index contributed by atoms with van der Waals surface area (Å²) in [4.78, 5) is 3.68. The van der Waals surface area contributed by atoms with Gasteiger partial charge in [-0.2, -0.15) is 21.6 Å². The van der Waals surface area contributed by atoms with Gasteiger partial charge in [0.1, 0.15) is 0 Å². The van der Waals surface area contributed by atoms with Gasteiger partial charge in [0.15, 0.2) is 0 Å². The van der Waals surface area contributed by atoms with Crippen molar-refractivity contribution in [2.75, 3.05) is 0 Å². The lowest BCUT2D eigenvalue weighted by molar-refractivity contribution is -0.0501. The minimum absolute atomic E-state index is 0.268. The van der Waals surface area contributed by atoms with Crippen LogP contribution in [0.4, 0.5) is 13.2 Å². The first-order valence-electron chi connectivity index (χ1n) is 6.49. The zero-order valence-corrected chi connectivity index (χ0v) is 11.6. The lowest BCUT2D eigenvalue weighted by Crippen LogP contribution is -2.28. The molecule has 3 heterocycles. The van der Waals surface area contributed by atoms with Crippen LogP contribution in [-0.2, 0) is 10.1 Å². The van der Waals surface area contributed by atoms with Crippen molar-refractivity contribution in [1.29, 1.82) is 0 Å². The predicted molar refractivity (Wildman–Crippen MR) is 67.1 cm³/mol. The normalized spacial score (nSPS) is 28.8. The van der Waals surface area contributed by atoms with E-state index in [-0.39, 0.29) is 5.92 Å². The monoisotopic (exact) mass is 322 g/mol. The van der Waals surface area contributed by atoms with Crippen LogP contribution in [0.3, 0.4) is 0 Å². The zero-order chi connectivity index (χ0) is 15.3. The highest BCUT2D eigenvalue weighted by Crippen LogP contribution is 2.40. The first-order valence-corrected chi connectivity index (χ1v) is 7.90. The Morgan fingerprint density at radius 2 is 2.05 bits per heavy atom. The van der Waals surface area contributed by atoms with E-state index in [9.17, 15) is 21.6 Å². The lowest BCUT2D eigenvalue weighted by Gasteiger charge is -2.20. The van der Waals surface area contributed by atoms with Gasteiger partial charge < -0.3 is 9.50 Å². The Balaban J connectivity index is 1.73. The van der Waals surface area contributed by atoms with Gasteiger partial charge in [0.05, 0.1) is 0 Å². The molecule has 1 aromatic heterocycles. The Morgan fingerprint density at radius 3 is 2.52 bits per heavy atom. The van der Waals surface area contributed by atoms with Gasteiger partial charge in [-0.3, -0.25) is 0 Å². The Kier molecular flexibility index (Phi) is 3.36. The van der Waals surface area contributed by atoms with Gasteiger partial charge in [-0.05, 0) is 24.8 Å². The van der Waals surface area contributed by atoms with Crippen molar-refractivity contribution in [2.24, 2.45) is 0 Å². The number of hydrogen-bond acceptors (Lipinski definition) is 5. The van der Waals surface area contributed by atoms with Crippen molar-refractivity contribution in [3.63, 3.8) is 0 Å². The first-order chi connectivity index (χ1) is 9.76. The second kappa shape index (κ2) is 4.84. The van der Waals surface area contributed by atoms with E-state index >= 15 is 0 Å². The average Bonchev–Trinajstić information content (AvgIpc) is 3.00. The number of nitrogens with one attached hydrogen (secondary N) is 1. The number of halogens is 3. The molecule has 2 unspecified atom stereocenters. The number of pyridine rings is 1. The van der Waals surface area contributed by atoms with Gasteiger partial charge in [-0.1, -0.05) is 6.07 Å². The third-order valence-electron chi connectivity index (χ3n) is 3.97. The van der Waals surface area contributed by atoms with Crippen molar-refractivity contribution in [2.45, 2.75) is 42.8 Å². The molecule has 2 bridgehead atoms. The van der Waals surface area contributed by atoms with E-state index in [2.05, 4.69) is 14.5 Å². The van der Waals surface area contributed by atoms with Crippen molar-refractivity contribution in [1.82, 2.24) is 10.3 Å². The summed E-state index contributed by atoms with van der Waals surface area (Å²) in [7, 11) is -5.67. The summed E-state index contributed by atoms with van der Waals surface area (Å²) in [6.07, 6.45) is 4.55. The Hall–Kier alpha value is -1.35. The van der Waals surface area contributed by atoms with Crippen molar-refractivity contribution < 1.29 is 25.8 Å². The Labute approximate surface area is 119 Å². The SMILES string of the molecule is O=S(=O)(Oc1ccc([C@H]2CC3CCC2N3)cn1)C(F)(F)F. The minimum Gasteiger partial charge on any atom is -0.355 e. The van der Waals surface area contributed by atoms with Gasteiger partial charge in [-0.15, -0.1) is 0 Å². The number of rotatable bonds is 3. The molecule has 116 valence electrons. The molecule has 2 fully saturated rings. The third-order valence-corrected chi connectivity index (χ3v) is 4.92. The van der Waals surface area contributed by atoms with Gasteiger partial charge in [0.2, 0.25) is 5.88 Å². The quantitative estimate of drug-likeness (QED) is 0.680. The van der Waals surface area contributed by atoms with Crippen LogP contribution in [0.15, 0.2) is 18.3 Å². The van der Waals surface area contributed by atoms with E-state index in [1.807, 2.05) is 0 Å². The maximum absolute atomic E-state index is 12.2. The Morgan fingerprint density at radius 1 is 1.29 bits per heavy atom. The van der Waals surface area contributed by atoms with E-state index in [4.69, 9.17) is 0 Å². The van der Waals surface area contributed by atoms with Crippen LogP contribution in [0.5, 0.6) is 5.88 Å². The van der Waals surface area contributed by atoms with Crippen molar-refractivity contribution in [3.8, 4) is 5.88 Å². The van der Waals surface area contributed by atoms with Gasteiger partial charge in [-0.25, -0.2) is 4.98 Å². The number of aromatic nitrogens is 1. The van der Waals surface area contributed by atoms with Crippen LogP contribution in [0.1, 0.15) is 30.7 Å². The van der Waals surface area contributed by atoms with Crippen LogP contribution in [0.2, 0.25) is 0 Å². The van der Waals surface area contributed by atoms with E-state index in [1.54, 1.807) is 6.07 Å². The van der Waals surface area contributed by atoms with Crippen LogP contribution in [0.25, 0.3) is 0 Å². The standard InChI is InChI=1S/C12H13F3N2O3S/c13-12(14,15)21(18,19)20-11-4-1-7(6-16-11)9-5-8-2-3-10(9)17-8/h1,4,6,8-10,17H,2-3,5H2/t8?,9-,10?/m1/s1. The molecule has 2 aliphatic heterocycles. The highest BCUT2D eigenvalue weighted by Gasteiger charge is 2.49. The maximum Gasteiger partial charge on any atom is 0.534 e. The van der Waals surface area contributed by atoms with Crippen LogP contribution in [-0.4, -0.2) is 31.0 Å². The molecule has 1 N–H and O–H groups in total. The largest absolute Gasteiger partial charge is 0.534 e. The highest BCUT2D eigenvalue weighted by atomic mass is 32.2. The van der Waals surface area contributed by atoms with E-state index in [1.165, 1.54) is 6.20 Å². The molecule has 0 aliphatic carbocycles. The van der Waals surface area contributed by atoms with Crippen LogP contribution >= 0.6 is 0 Å². The van der Waals surface area contributed by atoms with Crippen molar-refractivity contribution in [3.05, 3.63) is 23.9 Å². The van der Waals surface area contributed by atoms with Crippen LogP contribution in [0, 0.1) is 0 Å².